The topological polar surface area (TPSA) is 74.7 Å². The molecule has 0 radical (unpaired) electrons. The molecule has 1 saturated carbocycles. The number of nitrogens with zero attached hydrogens (tertiary/aromatic N) is 1. The fourth-order valence-corrected chi connectivity index (χ4v) is 3.77. The summed E-state index contributed by atoms with van der Waals surface area (Å²) >= 11 is 0. The van der Waals surface area contributed by atoms with Crippen molar-refractivity contribution in [2.45, 2.75) is 37.1 Å². The van der Waals surface area contributed by atoms with E-state index in [4.69, 9.17) is 5.11 Å². The van der Waals surface area contributed by atoms with Gasteiger partial charge in [-0.15, -0.1) is 0 Å². The van der Waals surface area contributed by atoms with Gasteiger partial charge in [-0.25, -0.2) is 13.2 Å². The van der Waals surface area contributed by atoms with Crippen molar-refractivity contribution in [2.75, 3.05) is 7.05 Å². The molecule has 0 atom stereocenters. The lowest BCUT2D eigenvalue weighted by molar-refractivity contribution is -0.131. The first-order valence-corrected chi connectivity index (χ1v) is 8.26. The zero-order valence-electron chi connectivity index (χ0n) is 12.1. The number of carbonyl (C=O) groups is 1. The van der Waals surface area contributed by atoms with E-state index in [-0.39, 0.29) is 10.9 Å². The van der Waals surface area contributed by atoms with Crippen molar-refractivity contribution >= 4 is 22.1 Å². The molecule has 0 amide bonds. The second-order valence-electron chi connectivity index (χ2n) is 5.30. The van der Waals surface area contributed by atoms with E-state index < -0.39 is 16.0 Å². The van der Waals surface area contributed by atoms with Crippen LogP contribution in [-0.2, 0) is 14.8 Å². The number of sulfonamides is 1. The van der Waals surface area contributed by atoms with E-state index in [2.05, 4.69) is 0 Å². The van der Waals surface area contributed by atoms with Crippen LogP contribution in [0.25, 0.3) is 6.08 Å². The van der Waals surface area contributed by atoms with Crippen molar-refractivity contribution in [1.82, 2.24) is 4.31 Å². The van der Waals surface area contributed by atoms with Crippen molar-refractivity contribution in [3.8, 4) is 0 Å². The predicted octanol–water partition coefficient (Wildman–Crippen LogP) is 2.27. The maximum absolute atomic E-state index is 12.5. The van der Waals surface area contributed by atoms with E-state index in [0.29, 0.717) is 5.56 Å². The van der Waals surface area contributed by atoms with Gasteiger partial charge >= 0.3 is 5.97 Å². The van der Waals surface area contributed by atoms with Crippen molar-refractivity contribution in [3.05, 3.63) is 35.4 Å². The van der Waals surface area contributed by atoms with Crippen LogP contribution in [0.2, 0.25) is 0 Å². The van der Waals surface area contributed by atoms with Gasteiger partial charge in [-0.05, 0) is 49.1 Å². The molecule has 0 bridgehead atoms. The first kappa shape index (κ1) is 15.7. The van der Waals surface area contributed by atoms with Gasteiger partial charge in [-0.1, -0.05) is 12.5 Å². The Morgan fingerprint density at radius 3 is 2.52 bits per heavy atom. The fraction of sp³-hybridized carbons (Fsp3) is 0.400. The van der Waals surface area contributed by atoms with Crippen LogP contribution in [0, 0.1) is 6.92 Å². The third kappa shape index (κ3) is 3.33. The van der Waals surface area contributed by atoms with Crippen molar-refractivity contribution in [1.29, 1.82) is 0 Å². The lowest BCUT2D eigenvalue weighted by Crippen LogP contribution is -2.41. The molecule has 1 aliphatic rings. The number of carboxylic acids is 1. The molecule has 0 saturated heterocycles. The molecule has 1 N–H and O–H groups in total. The standard InChI is InChI=1S/C15H19NO4S/c1-11-10-14(8-6-12(11)7-9-15(17)18)21(19,20)16(2)13-4-3-5-13/h6-10,13H,3-5H2,1-2H3,(H,17,18)/b9-7+. The SMILES string of the molecule is Cc1cc(S(=O)(=O)N(C)C2CCC2)ccc1/C=C/C(=O)O. The Balaban J connectivity index is 2.28. The van der Waals surface area contributed by atoms with E-state index in [1.165, 1.54) is 16.4 Å². The molecule has 2 rings (SSSR count). The Bertz CT molecular complexity index is 675. The minimum Gasteiger partial charge on any atom is -0.478 e. The summed E-state index contributed by atoms with van der Waals surface area (Å²) in [5.41, 5.74) is 1.43. The van der Waals surface area contributed by atoms with E-state index in [1.54, 1.807) is 26.1 Å². The summed E-state index contributed by atoms with van der Waals surface area (Å²) in [6.45, 7) is 1.77. The second kappa shape index (κ2) is 5.99. The first-order valence-electron chi connectivity index (χ1n) is 6.82. The second-order valence-corrected chi connectivity index (χ2v) is 7.29. The molecular formula is C15H19NO4S. The third-order valence-electron chi connectivity index (χ3n) is 3.91. The zero-order valence-corrected chi connectivity index (χ0v) is 12.9. The van der Waals surface area contributed by atoms with Crippen LogP contribution >= 0.6 is 0 Å². The summed E-state index contributed by atoms with van der Waals surface area (Å²) in [5, 5.41) is 8.63. The van der Waals surface area contributed by atoms with Crippen LogP contribution in [0.15, 0.2) is 29.2 Å². The maximum Gasteiger partial charge on any atom is 0.328 e. The van der Waals surface area contributed by atoms with Crippen molar-refractivity contribution < 1.29 is 18.3 Å². The fourth-order valence-electron chi connectivity index (χ4n) is 2.27. The van der Waals surface area contributed by atoms with Gasteiger partial charge in [0.25, 0.3) is 0 Å². The zero-order chi connectivity index (χ0) is 15.6. The Labute approximate surface area is 124 Å². The number of carboxylic acid groups (broad SMARTS) is 1. The average molecular weight is 309 g/mol. The van der Waals surface area contributed by atoms with Gasteiger partial charge < -0.3 is 5.11 Å². The highest BCUT2D eigenvalue weighted by molar-refractivity contribution is 7.89. The van der Waals surface area contributed by atoms with Crippen molar-refractivity contribution in [3.63, 3.8) is 0 Å². The molecule has 0 spiro atoms. The largest absolute Gasteiger partial charge is 0.478 e. The molecule has 1 aromatic rings. The highest BCUT2D eigenvalue weighted by atomic mass is 32.2. The number of rotatable bonds is 5. The highest BCUT2D eigenvalue weighted by Gasteiger charge is 2.31. The van der Waals surface area contributed by atoms with Crippen LogP contribution in [0.4, 0.5) is 0 Å². The average Bonchev–Trinajstić information content (AvgIpc) is 2.34. The molecule has 0 aromatic heterocycles. The Morgan fingerprint density at radius 1 is 1.38 bits per heavy atom. The van der Waals surface area contributed by atoms with E-state index in [0.717, 1.165) is 30.9 Å². The minimum atomic E-state index is -3.48. The van der Waals surface area contributed by atoms with Gasteiger partial charge in [-0.2, -0.15) is 4.31 Å². The molecule has 0 aliphatic heterocycles. The Hall–Kier alpha value is -1.66. The van der Waals surface area contributed by atoms with Gasteiger partial charge in [0.05, 0.1) is 4.90 Å². The predicted molar refractivity (Wildman–Crippen MR) is 80.4 cm³/mol. The number of benzene rings is 1. The summed E-state index contributed by atoms with van der Waals surface area (Å²) in [5.74, 6) is -1.03. The molecule has 0 unspecified atom stereocenters. The maximum atomic E-state index is 12.5. The number of aliphatic carboxylic acids is 1. The summed E-state index contributed by atoms with van der Waals surface area (Å²) < 4.78 is 26.5. The van der Waals surface area contributed by atoms with Gasteiger partial charge in [-0.3, -0.25) is 0 Å². The highest BCUT2D eigenvalue weighted by Crippen LogP contribution is 2.29. The third-order valence-corrected chi connectivity index (χ3v) is 5.82. The smallest absolute Gasteiger partial charge is 0.328 e. The van der Waals surface area contributed by atoms with Gasteiger partial charge in [0, 0.05) is 19.2 Å². The quantitative estimate of drug-likeness (QED) is 0.847. The molecule has 21 heavy (non-hydrogen) atoms. The summed E-state index contributed by atoms with van der Waals surface area (Å²) in [6.07, 6.45) is 5.39. The number of aryl methyl sites for hydroxylation is 1. The van der Waals surface area contributed by atoms with Crippen LogP contribution in [0.1, 0.15) is 30.4 Å². The van der Waals surface area contributed by atoms with Gasteiger partial charge in [0.15, 0.2) is 0 Å². The van der Waals surface area contributed by atoms with Gasteiger partial charge in [0.2, 0.25) is 10.0 Å². The normalized spacial score (nSPS) is 16.3. The molecule has 1 aromatic carbocycles. The van der Waals surface area contributed by atoms with E-state index >= 15 is 0 Å². The summed E-state index contributed by atoms with van der Waals surface area (Å²) in [4.78, 5) is 10.8. The Morgan fingerprint density at radius 2 is 2.05 bits per heavy atom. The van der Waals surface area contributed by atoms with Crippen molar-refractivity contribution in [2.24, 2.45) is 0 Å². The molecule has 114 valence electrons. The molecule has 1 fully saturated rings. The van der Waals surface area contributed by atoms with E-state index in [1.807, 2.05) is 0 Å². The molecule has 0 heterocycles. The van der Waals surface area contributed by atoms with Crippen LogP contribution < -0.4 is 0 Å². The Kier molecular flexibility index (Phi) is 4.49. The molecular weight excluding hydrogens is 290 g/mol. The molecule has 5 nitrogen and oxygen atoms in total. The van der Waals surface area contributed by atoms with Crippen LogP contribution in [-0.4, -0.2) is 36.9 Å². The first-order chi connectivity index (χ1) is 9.82. The van der Waals surface area contributed by atoms with Crippen LogP contribution in [0.3, 0.4) is 0 Å². The van der Waals surface area contributed by atoms with Crippen LogP contribution in [0.5, 0.6) is 0 Å². The summed E-state index contributed by atoms with van der Waals surface area (Å²) in [6, 6.07) is 4.85. The lowest BCUT2D eigenvalue weighted by atomic mass is 9.94. The molecule has 1 aliphatic carbocycles. The van der Waals surface area contributed by atoms with E-state index in [9.17, 15) is 13.2 Å². The summed E-state index contributed by atoms with van der Waals surface area (Å²) in [7, 11) is -1.86. The lowest BCUT2D eigenvalue weighted by Gasteiger charge is -2.33. The number of hydrogen-bond donors (Lipinski definition) is 1. The minimum absolute atomic E-state index is 0.0990. The number of hydrogen-bond acceptors (Lipinski definition) is 3. The van der Waals surface area contributed by atoms with Gasteiger partial charge in [0.1, 0.15) is 0 Å². The monoisotopic (exact) mass is 309 g/mol. The molecule has 6 heteroatoms.